The van der Waals surface area contributed by atoms with E-state index in [-0.39, 0.29) is 6.04 Å². The molecule has 0 bridgehead atoms. The minimum atomic E-state index is -0.00181. The van der Waals surface area contributed by atoms with E-state index in [4.69, 9.17) is 0 Å². The third-order valence-electron chi connectivity index (χ3n) is 5.76. The van der Waals surface area contributed by atoms with Gasteiger partial charge in [-0.3, -0.25) is 4.79 Å². The first-order valence-electron chi connectivity index (χ1n) is 10.8. The molecule has 0 radical (unpaired) electrons. The van der Waals surface area contributed by atoms with Crippen LogP contribution >= 0.6 is 0 Å². The second-order valence-electron chi connectivity index (χ2n) is 7.67. The highest BCUT2D eigenvalue weighted by Gasteiger charge is 2.22. The van der Waals surface area contributed by atoms with Gasteiger partial charge in [-0.2, -0.15) is 0 Å². The molecule has 30 heavy (non-hydrogen) atoms. The highest BCUT2D eigenvalue weighted by atomic mass is 16.1. The van der Waals surface area contributed by atoms with Crippen LogP contribution in [0.4, 0.5) is 0 Å². The first kappa shape index (κ1) is 21.8. The molecule has 156 valence electrons. The number of carbonyl (C=O) groups excluding carboxylic acids is 1. The van der Waals surface area contributed by atoms with Crippen LogP contribution < -0.4 is 5.32 Å². The maximum absolute atomic E-state index is 11.4. The predicted molar refractivity (Wildman–Crippen MR) is 127 cm³/mol. The van der Waals surface area contributed by atoms with Gasteiger partial charge in [0.05, 0.1) is 6.04 Å². The molecule has 1 atom stereocenters. The standard InChI is InChI=1S/C27H32N2O/c1-4-6-12-21(5-2)27(29-17-22-13-10-11-14-23(22)19-30)20(3)25-18-28-26-16-9-7-8-15-24(25)26/h4,6,9-14,16,18-19,27-29H,3,5,7-8,15,17H2,1-2H3/b6-4-,21-12+. The Hall–Kier alpha value is -2.91. The molecule has 2 aromatic rings. The molecular formula is C27H32N2O. The number of aromatic nitrogens is 1. The van der Waals surface area contributed by atoms with Gasteiger partial charge in [-0.15, -0.1) is 0 Å². The average Bonchev–Trinajstić information content (AvgIpc) is 3.03. The van der Waals surface area contributed by atoms with Crippen molar-refractivity contribution in [3.63, 3.8) is 0 Å². The van der Waals surface area contributed by atoms with E-state index < -0.39 is 0 Å². The van der Waals surface area contributed by atoms with Crippen molar-refractivity contribution in [2.24, 2.45) is 0 Å². The number of benzene rings is 1. The third kappa shape index (κ3) is 4.98. The molecule has 0 spiro atoms. The molecule has 0 fully saturated rings. The number of fused-ring (bicyclic) bond motifs is 1. The Labute approximate surface area is 180 Å². The highest BCUT2D eigenvalue weighted by molar-refractivity contribution is 5.78. The van der Waals surface area contributed by atoms with Gasteiger partial charge in [0.2, 0.25) is 0 Å². The SMILES string of the molecule is C=C(c1c[nH]c2c1CCCC=C2)C(NCc1ccccc1C=O)/C(=C/C=C\C)CC. The van der Waals surface area contributed by atoms with Gasteiger partial charge >= 0.3 is 0 Å². The number of aromatic amines is 1. The van der Waals surface area contributed by atoms with Crippen molar-refractivity contribution >= 4 is 17.9 Å². The summed E-state index contributed by atoms with van der Waals surface area (Å²) in [5.41, 5.74) is 7.84. The van der Waals surface area contributed by atoms with Crippen molar-refractivity contribution in [1.82, 2.24) is 10.3 Å². The van der Waals surface area contributed by atoms with E-state index in [9.17, 15) is 4.79 Å². The second kappa shape index (κ2) is 10.7. The zero-order chi connectivity index (χ0) is 21.3. The van der Waals surface area contributed by atoms with Gasteiger partial charge in [-0.25, -0.2) is 0 Å². The van der Waals surface area contributed by atoms with Gasteiger partial charge in [0.15, 0.2) is 0 Å². The lowest BCUT2D eigenvalue weighted by Crippen LogP contribution is -2.32. The first-order chi connectivity index (χ1) is 14.7. The largest absolute Gasteiger partial charge is 0.361 e. The van der Waals surface area contributed by atoms with E-state index in [2.05, 4.69) is 54.3 Å². The van der Waals surface area contributed by atoms with Crippen molar-refractivity contribution in [1.29, 1.82) is 0 Å². The lowest BCUT2D eigenvalue weighted by molar-refractivity contribution is 0.112. The van der Waals surface area contributed by atoms with Crippen molar-refractivity contribution in [3.05, 3.63) is 94.9 Å². The molecule has 3 rings (SSSR count). The van der Waals surface area contributed by atoms with Crippen LogP contribution in [0.5, 0.6) is 0 Å². The Morgan fingerprint density at radius 1 is 1.33 bits per heavy atom. The van der Waals surface area contributed by atoms with Gasteiger partial charge in [-0.1, -0.05) is 62.1 Å². The minimum Gasteiger partial charge on any atom is -0.361 e. The smallest absolute Gasteiger partial charge is 0.150 e. The Bertz CT molecular complexity index is 974. The number of hydrogen-bond acceptors (Lipinski definition) is 2. The van der Waals surface area contributed by atoms with Crippen LogP contribution in [0.15, 0.2) is 66.9 Å². The number of hydrogen-bond donors (Lipinski definition) is 2. The molecule has 0 saturated heterocycles. The molecule has 1 aromatic heterocycles. The minimum absolute atomic E-state index is 0.00181. The summed E-state index contributed by atoms with van der Waals surface area (Å²) < 4.78 is 0. The Morgan fingerprint density at radius 2 is 2.17 bits per heavy atom. The zero-order valence-corrected chi connectivity index (χ0v) is 18.1. The van der Waals surface area contributed by atoms with Crippen LogP contribution in [0.1, 0.15) is 65.9 Å². The number of allylic oxidation sites excluding steroid dienone is 4. The summed E-state index contributed by atoms with van der Waals surface area (Å²) >= 11 is 0. The topological polar surface area (TPSA) is 44.9 Å². The van der Waals surface area contributed by atoms with E-state index in [0.29, 0.717) is 6.54 Å². The van der Waals surface area contributed by atoms with E-state index >= 15 is 0 Å². The fourth-order valence-corrected chi connectivity index (χ4v) is 4.07. The van der Waals surface area contributed by atoms with Crippen molar-refractivity contribution in [2.75, 3.05) is 0 Å². The van der Waals surface area contributed by atoms with Gasteiger partial charge in [0, 0.05) is 29.6 Å². The molecule has 0 saturated carbocycles. The summed E-state index contributed by atoms with van der Waals surface area (Å²) in [4.78, 5) is 14.9. The van der Waals surface area contributed by atoms with Crippen molar-refractivity contribution < 1.29 is 4.79 Å². The fraction of sp³-hybridized carbons (Fsp3) is 0.296. The predicted octanol–water partition coefficient (Wildman–Crippen LogP) is 6.26. The molecule has 0 aliphatic heterocycles. The van der Waals surface area contributed by atoms with Crippen molar-refractivity contribution in [3.8, 4) is 0 Å². The fourth-order valence-electron chi connectivity index (χ4n) is 4.07. The summed E-state index contributed by atoms with van der Waals surface area (Å²) in [6.07, 6.45) is 18.0. The van der Waals surface area contributed by atoms with E-state index in [1.54, 1.807) is 0 Å². The summed E-state index contributed by atoms with van der Waals surface area (Å²) in [6.45, 7) is 9.34. The first-order valence-corrected chi connectivity index (χ1v) is 10.8. The molecular weight excluding hydrogens is 368 g/mol. The normalized spacial score (nSPS) is 15.1. The Morgan fingerprint density at radius 3 is 2.93 bits per heavy atom. The lowest BCUT2D eigenvalue weighted by atomic mass is 9.89. The van der Waals surface area contributed by atoms with E-state index in [1.807, 2.05) is 37.3 Å². The molecule has 3 heteroatoms. The molecule has 3 nitrogen and oxygen atoms in total. The van der Waals surface area contributed by atoms with Crippen LogP contribution in [0.2, 0.25) is 0 Å². The van der Waals surface area contributed by atoms with Gasteiger partial charge in [0.1, 0.15) is 6.29 Å². The zero-order valence-electron chi connectivity index (χ0n) is 18.1. The lowest BCUT2D eigenvalue weighted by Gasteiger charge is -2.25. The molecule has 1 aromatic carbocycles. The van der Waals surface area contributed by atoms with Crippen LogP contribution in [0, 0.1) is 0 Å². The number of carbonyl (C=O) groups is 1. The van der Waals surface area contributed by atoms with Crippen LogP contribution in [0.25, 0.3) is 11.6 Å². The molecule has 1 aliphatic carbocycles. The maximum Gasteiger partial charge on any atom is 0.150 e. The summed E-state index contributed by atoms with van der Waals surface area (Å²) in [5.74, 6) is 0. The summed E-state index contributed by atoms with van der Waals surface area (Å²) in [7, 11) is 0. The number of H-pyrrole nitrogens is 1. The molecule has 0 amide bonds. The van der Waals surface area contributed by atoms with Gasteiger partial charge in [-0.05, 0) is 61.0 Å². The number of rotatable bonds is 9. The molecule has 1 unspecified atom stereocenters. The monoisotopic (exact) mass is 400 g/mol. The van der Waals surface area contributed by atoms with E-state index in [1.165, 1.54) is 22.4 Å². The van der Waals surface area contributed by atoms with Gasteiger partial charge < -0.3 is 10.3 Å². The molecule has 1 aliphatic rings. The number of aldehydes is 1. The van der Waals surface area contributed by atoms with Gasteiger partial charge in [0.25, 0.3) is 0 Å². The van der Waals surface area contributed by atoms with Crippen LogP contribution in [-0.2, 0) is 13.0 Å². The molecule has 2 N–H and O–H groups in total. The Balaban J connectivity index is 1.93. The quantitative estimate of drug-likeness (QED) is 0.385. The van der Waals surface area contributed by atoms with Crippen LogP contribution in [-0.4, -0.2) is 17.3 Å². The summed E-state index contributed by atoms with van der Waals surface area (Å²) in [5, 5.41) is 3.69. The molecule has 1 heterocycles. The van der Waals surface area contributed by atoms with E-state index in [0.717, 1.165) is 48.7 Å². The third-order valence-corrected chi connectivity index (χ3v) is 5.76. The summed E-state index contributed by atoms with van der Waals surface area (Å²) in [6, 6.07) is 7.74. The Kier molecular flexibility index (Phi) is 7.81. The van der Waals surface area contributed by atoms with Crippen LogP contribution in [0.3, 0.4) is 0 Å². The average molecular weight is 401 g/mol. The maximum atomic E-state index is 11.4. The number of nitrogens with one attached hydrogen (secondary N) is 2. The highest BCUT2D eigenvalue weighted by Crippen LogP contribution is 2.31. The second-order valence-corrected chi connectivity index (χ2v) is 7.67. The van der Waals surface area contributed by atoms with Crippen molar-refractivity contribution in [2.45, 2.75) is 52.1 Å².